The number of hydrogen-bond donors (Lipinski definition) is 0. The first-order valence-electron chi connectivity index (χ1n) is 5.70. The molecule has 0 N–H and O–H groups in total. The van der Waals surface area contributed by atoms with Gasteiger partial charge in [0.1, 0.15) is 0 Å². The van der Waals surface area contributed by atoms with Crippen LogP contribution in [0.2, 0.25) is 0 Å². The van der Waals surface area contributed by atoms with Crippen molar-refractivity contribution in [2.75, 3.05) is 0 Å². The van der Waals surface area contributed by atoms with Gasteiger partial charge in [-0.05, 0) is 31.7 Å². The molecule has 1 aromatic rings. The van der Waals surface area contributed by atoms with Crippen LogP contribution in [0.25, 0.3) is 0 Å². The minimum Gasteiger partial charge on any atom is -0.0842 e. The Balaban J connectivity index is 0.000000162. The highest BCUT2D eigenvalue weighted by Crippen LogP contribution is 2.02. The summed E-state index contributed by atoms with van der Waals surface area (Å²) in [6.07, 6.45) is 12.1. The zero-order valence-corrected chi connectivity index (χ0v) is 9.74. The van der Waals surface area contributed by atoms with Gasteiger partial charge in [0.05, 0.1) is 0 Å². The average Bonchev–Trinajstić information content (AvgIpc) is 2.33. The van der Waals surface area contributed by atoms with Crippen molar-refractivity contribution in [2.45, 2.75) is 33.1 Å². The molecule has 0 bridgehead atoms. The number of aryl methyl sites for hydroxylation is 2. The quantitative estimate of drug-likeness (QED) is 0.628. The Labute approximate surface area is 93.3 Å². The maximum atomic E-state index is 2.18. The third-order valence-electron chi connectivity index (χ3n) is 2.41. The van der Waals surface area contributed by atoms with Crippen molar-refractivity contribution in [3.63, 3.8) is 0 Å². The summed E-state index contributed by atoms with van der Waals surface area (Å²) in [5.41, 5.74) is 2.76. The molecule has 0 spiro atoms. The lowest BCUT2D eigenvalue weighted by atomic mass is 10.1. The summed E-state index contributed by atoms with van der Waals surface area (Å²) in [7, 11) is 0. The molecule has 0 saturated carbocycles. The zero-order chi connectivity index (χ0) is 10.9. The molecule has 1 aliphatic carbocycles. The van der Waals surface area contributed by atoms with E-state index in [0.29, 0.717) is 0 Å². The van der Waals surface area contributed by atoms with Crippen molar-refractivity contribution in [3.8, 4) is 0 Å². The summed E-state index contributed by atoms with van der Waals surface area (Å²) in [6.45, 7) is 4.28. The molecular weight excluding hydrogens is 180 g/mol. The Bertz CT molecular complexity index is 302. The van der Waals surface area contributed by atoms with Crippen molar-refractivity contribution in [1.82, 2.24) is 0 Å². The maximum absolute atomic E-state index is 2.18. The van der Waals surface area contributed by atoms with E-state index >= 15 is 0 Å². The Morgan fingerprint density at radius 3 is 1.80 bits per heavy atom. The highest BCUT2D eigenvalue weighted by molar-refractivity contribution is 5.20. The van der Waals surface area contributed by atoms with E-state index in [1.165, 1.54) is 24.0 Å². The van der Waals surface area contributed by atoms with E-state index in [0.717, 1.165) is 6.42 Å². The van der Waals surface area contributed by atoms with Gasteiger partial charge >= 0.3 is 0 Å². The topological polar surface area (TPSA) is 0 Å². The molecule has 1 aliphatic rings. The molecule has 2 rings (SSSR count). The second-order valence-corrected chi connectivity index (χ2v) is 3.77. The molecule has 1 aromatic carbocycles. The molecule has 0 unspecified atom stereocenters. The van der Waals surface area contributed by atoms with Crippen LogP contribution in [-0.2, 0) is 6.42 Å². The minimum atomic E-state index is 1.14. The molecule has 0 heteroatoms. The van der Waals surface area contributed by atoms with E-state index in [4.69, 9.17) is 0 Å². The Hall–Kier alpha value is -1.30. The lowest BCUT2D eigenvalue weighted by molar-refractivity contribution is 1.04. The molecule has 80 valence electrons. The van der Waals surface area contributed by atoms with Crippen LogP contribution in [0.3, 0.4) is 0 Å². The van der Waals surface area contributed by atoms with Gasteiger partial charge in [-0.2, -0.15) is 0 Å². The third-order valence-corrected chi connectivity index (χ3v) is 2.41. The van der Waals surface area contributed by atoms with Crippen LogP contribution < -0.4 is 0 Å². The summed E-state index contributed by atoms with van der Waals surface area (Å²) >= 11 is 0. The van der Waals surface area contributed by atoms with Gasteiger partial charge in [0.15, 0.2) is 0 Å². The van der Waals surface area contributed by atoms with Crippen molar-refractivity contribution < 1.29 is 0 Å². The molecule has 0 radical (unpaired) electrons. The number of hydrogen-bond acceptors (Lipinski definition) is 0. The zero-order valence-electron chi connectivity index (χ0n) is 9.74. The predicted molar refractivity (Wildman–Crippen MR) is 68.1 cm³/mol. The van der Waals surface area contributed by atoms with Gasteiger partial charge < -0.3 is 0 Å². The van der Waals surface area contributed by atoms with Gasteiger partial charge in [-0.3, -0.25) is 0 Å². The molecule has 15 heavy (non-hydrogen) atoms. The largest absolute Gasteiger partial charge is 0.0842 e. The van der Waals surface area contributed by atoms with E-state index in [-0.39, 0.29) is 0 Å². The lowest BCUT2D eigenvalue weighted by Crippen LogP contribution is -1.77. The van der Waals surface area contributed by atoms with Crippen LogP contribution in [-0.4, -0.2) is 0 Å². The fraction of sp³-hybridized carbons (Fsp3) is 0.333. The van der Waals surface area contributed by atoms with Crippen molar-refractivity contribution in [2.24, 2.45) is 0 Å². The minimum absolute atomic E-state index is 1.14. The summed E-state index contributed by atoms with van der Waals surface area (Å²) in [5.74, 6) is 0. The van der Waals surface area contributed by atoms with Gasteiger partial charge in [-0.25, -0.2) is 0 Å². The monoisotopic (exact) mass is 200 g/mol. The molecular formula is C15H20. The first-order chi connectivity index (χ1) is 7.33. The number of rotatable bonds is 1. The number of benzene rings is 1. The fourth-order valence-electron chi connectivity index (χ4n) is 1.37. The molecule has 0 aromatic heterocycles. The van der Waals surface area contributed by atoms with E-state index in [2.05, 4.69) is 62.4 Å². The summed E-state index contributed by atoms with van der Waals surface area (Å²) in [6, 6.07) is 8.66. The van der Waals surface area contributed by atoms with Gasteiger partial charge in [-0.1, -0.05) is 61.1 Å². The third kappa shape index (κ3) is 5.21. The molecule has 0 fully saturated rings. The SMILES string of the molecule is C1=CCCC=C1.CCc1ccc(C)cc1. The fourth-order valence-corrected chi connectivity index (χ4v) is 1.37. The normalized spacial score (nSPS) is 13.2. The van der Waals surface area contributed by atoms with Gasteiger partial charge in [0.25, 0.3) is 0 Å². The number of allylic oxidation sites excluding steroid dienone is 4. The van der Waals surface area contributed by atoms with Gasteiger partial charge in [0.2, 0.25) is 0 Å². The van der Waals surface area contributed by atoms with Crippen molar-refractivity contribution in [3.05, 3.63) is 59.7 Å². The molecule has 0 heterocycles. The Morgan fingerprint density at radius 1 is 0.933 bits per heavy atom. The second-order valence-electron chi connectivity index (χ2n) is 3.77. The molecule has 0 saturated heterocycles. The first-order valence-corrected chi connectivity index (χ1v) is 5.70. The van der Waals surface area contributed by atoms with Crippen LogP contribution >= 0.6 is 0 Å². The molecule has 0 amide bonds. The Kier molecular flexibility index (Phi) is 5.54. The van der Waals surface area contributed by atoms with E-state index < -0.39 is 0 Å². The van der Waals surface area contributed by atoms with Crippen LogP contribution in [0.1, 0.15) is 30.9 Å². The molecule has 0 atom stereocenters. The molecule has 0 aliphatic heterocycles. The maximum Gasteiger partial charge on any atom is -0.0307 e. The first kappa shape index (κ1) is 11.8. The standard InChI is InChI=1S/C9H12.C6H8/c1-3-9-6-4-8(2)5-7-9;1-2-4-6-5-3-1/h4-7H,3H2,1-2H3;1-4H,5-6H2. The second kappa shape index (κ2) is 7.05. The van der Waals surface area contributed by atoms with Gasteiger partial charge in [0, 0.05) is 0 Å². The van der Waals surface area contributed by atoms with Crippen LogP contribution in [0.4, 0.5) is 0 Å². The van der Waals surface area contributed by atoms with Crippen LogP contribution in [0, 0.1) is 6.92 Å². The summed E-state index contributed by atoms with van der Waals surface area (Å²) in [4.78, 5) is 0. The lowest BCUT2D eigenvalue weighted by Gasteiger charge is -1.94. The summed E-state index contributed by atoms with van der Waals surface area (Å²) < 4.78 is 0. The van der Waals surface area contributed by atoms with Crippen LogP contribution in [0.5, 0.6) is 0 Å². The van der Waals surface area contributed by atoms with Crippen molar-refractivity contribution in [1.29, 1.82) is 0 Å². The van der Waals surface area contributed by atoms with E-state index in [1.807, 2.05) is 0 Å². The smallest absolute Gasteiger partial charge is 0.0307 e. The highest BCUT2D eigenvalue weighted by atomic mass is 13.9. The highest BCUT2D eigenvalue weighted by Gasteiger charge is 1.84. The van der Waals surface area contributed by atoms with Crippen molar-refractivity contribution >= 4 is 0 Å². The van der Waals surface area contributed by atoms with E-state index in [9.17, 15) is 0 Å². The average molecular weight is 200 g/mol. The van der Waals surface area contributed by atoms with E-state index in [1.54, 1.807) is 0 Å². The summed E-state index contributed by atoms with van der Waals surface area (Å²) in [5, 5.41) is 0. The molecule has 0 nitrogen and oxygen atoms in total. The predicted octanol–water partition coefficient (Wildman–Crippen LogP) is 4.45. The Morgan fingerprint density at radius 2 is 1.47 bits per heavy atom. The van der Waals surface area contributed by atoms with Crippen LogP contribution in [0.15, 0.2) is 48.6 Å². The van der Waals surface area contributed by atoms with Gasteiger partial charge in [-0.15, -0.1) is 0 Å².